The van der Waals surface area contributed by atoms with Crippen LogP contribution in [-0.4, -0.2) is 24.5 Å². The second-order valence-electron chi connectivity index (χ2n) is 4.95. The van der Waals surface area contributed by atoms with Crippen molar-refractivity contribution in [1.82, 2.24) is 4.90 Å². The van der Waals surface area contributed by atoms with Crippen molar-refractivity contribution in [2.75, 3.05) is 19.6 Å². The van der Waals surface area contributed by atoms with Gasteiger partial charge in [0.05, 0.1) is 0 Å². The van der Waals surface area contributed by atoms with Gasteiger partial charge in [-0.25, -0.2) is 0 Å². The molecular weight excluding hydrogens is 196 g/mol. The van der Waals surface area contributed by atoms with Crippen molar-refractivity contribution in [1.29, 1.82) is 0 Å². The van der Waals surface area contributed by atoms with Gasteiger partial charge in [0, 0.05) is 25.7 Å². The quantitative estimate of drug-likeness (QED) is 0.841. The summed E-state index contributed by atoms with van der Waals surface area (Å²) in [6.07, 6.45) is 1.28. The Kier molecular flexibility index (Phi) is 3.62. The summed E-state index contributed by atoms with van der Waals surface area (Å²) in [4.78, 5) is 2.46. The maximum absolute atomic E-state index is 5.60. The van der Waals surface area contributed by atoms with Crippen molar-refractivity contribution in [2.24, 2.45) is 5.73 Å². The topological polar surface area (TPSA) is 29.3 Å². The fourth-order valence-corrected chi connectivity index (χ4v) is 2.35. The standard InChI is InChI=1S/C14H22N2/c1-11(2)12-3-5-13(6-4-12)14-7-9-16(14)10-8-15/h3-6,11,14H,7-10,15H2,1-2H3. The lowest BCUT2D eigenvalue weighted by Gasteiger charge is -2.41. The van der Waals surface area contributed by atoms with E-state index in [1.54, 1.807) is 0 Å². The summed E-state index contributed by atoms with van der Waals surface area (Å²) >= 11 is 0. The van der Waals surface area contributed by atoms with Crippen LogP contribution in [0.1, 0.15) is 43.4 Å². The maximum atomic E-state index is 5.60. The molecule has 2 N–H and O–H groups in total. The molecule has 1 aromatic rings. The number of benzene rings is 1. The Hall–Kier alpha value is -0.860. The molecule has 0 aromatic heterocycles. The van der Waals surface area contributed by atoms with Crippen molar-refractivity contribution >= 4 is 0 Å². The number of rotatable bonds is 4. The van der Waals surface area contributed by atoms with Gasteiger partial charge in [-0.05, 0) is 23.5 Å². The summed E-state index contributed by atoms with van der Waals surface area (Å²) in [7, 11) is 0. The molecule has 1 saturated heterocycles. The molecule has 88 valence electrons. The number of nitrogens with zero attached hydrogens (tertiary/aromatic N) is 1. The van der Waals surface area contributed by atoms with Crippen molar-refractivity contribution in [2.45, 2.75) is 32.2 Å². The van der Waals surface area contributed by atoms with Crippen LogP contribution in [0.15, 0.2) is 24.3 Å². The normalized spacial score (nSPS) is 21.1. The Balaban J connectivity index is 2.04. The first kappa shape index (κ1) is 11.6. The number of hydrogen-bond donors (Lipinski definition) is 1. The van der Waals surface area contributed by atoms with E-state index >= 15 is 0 Å². The van der Waals surface area contributed by atoms with Gasteiger partial charge in [-0.15, -0.1) is 0 Å². The minimum Gasteiger partial charge on any atom is -0.329 e. The fourth-order valence-electron chi connectivity index (χ4n) is 2.35. The van der Waals surface area contributed by atoms with E-state index in [2.05, 4.69) is 43.0 Å². The lowest BCUT2D eigenvalue weighted by Crippen LogP contribution is -2.43. The molecule has 0 radical (unpaired) electrons. The van der Waals surface area contributed by atoms with Gasteiger partial charge in [0.15, 0.2) is 0 Å². The molecule has 16 heavy (non-hydrogen) atoms. The SMILES string of the molecule is CC(C)c1ccc(C2CCN2CCN)cc1. The second kappa shape index (κ2) is 4.98. The van der Waals surface area contributed by atoms with Gasteiger partial charge in [-0.3, -0.25) is 4.90 Å². The number of hydrogen-bond acceptors (Lipinski definition) is 2. The first-order valence-electron chi connectivity index (χ1n) is 6.26. The first-order chi connectivity index (χ1) is 7.72. The summed E-state index contributed by atoms with van der Waals surface area (Å²) in [5.74, 6) is 0.621. The summed E-state index contributed by atoms with van der Waals surface area (Å²) in [5.41, 5.74) is 8.47. The summed E-state index contributed by atoms with van der Waals surface area (Å²) in [6, 6.07) is 9.70. The number of nitrogens with two attached hydrogens (primary N) is 1. The summed E-state index contributed by atoms with van der Waals surface area (Å²) in [6.45, 7) is 7.46. The molecule has 1 heterocycles. The van der Waals surface area contributed by atoms with Gasteiger partial charge in [-0.2, -0.15) is 0 Å². The molecule has 0 aliphatic carbocycles. The van der Waals surface area contributed by atoms with Gasteiger partial charge in [0.2, 0.25) is 0 Å². The minimum absolute atomic E-state index is 0.616. The predicted molar refractivity (Wildman–Crippen MR) is 68.5 cm³/mol. The highest BCUT2D eigenvalue weighted by Gasteiger charge is 2.28. The van der Waals surface area contributed by atoms with Crippen LogP contribution in [0.5, 0.6) is 0 Å². The highest BCUT2D eigenvalue weighted by molar-refractivity contribution is 5.28. The molecule has 1 unspecified atom stereocenters. The van der Waals surface area contributed by atoms with Crippen LogP contribution >= 0.6 is 0 Å². The molecule has 1 atom stereocenters. The van der Waals surface area contributed by atoms with E-state index in [9.17, 15) is 0 Å². The monoisotopic (exact) mass is 218 g/mol. The van der Waals surface area contributed by atoms with Crippen molar-refractivity contribution in [3.8, 4) is 0 Å². The Morgan fingerprint density at radius 2 is 2.00 bits per heavy atom. The lowest BCUT2D eigenvalue weighted by atomic mass is 9.92. The second-order valence-corrected chi connectivity index (χ2v) is 4.95. The van der Waals surface area contributed by atoms with E-state index in [1.165, 1.54) is 24.1 Å². The maximum Gasteiger partial charge on any atom is 0.0360 e. The molecule has 0 amide bonds. The molecule has 2 rings (SSSR count). The Morgan fingerprint density at radius 1 is 1.31 bits per heavy atom. The van der Waals surface area contributed by atoms with Crippen molar-refractivity contribution in [3.63, 3.8) is 0 Å². The molecular formula is C14H22N2. The van der Waals surface area contributed by atoms with Gasteiger partial charge in [0.25, 0.3) is 0 Å². The Bertz CT molecular complexity index is 329. The van der Waals surface area contributed by atoms with Crippen LogP contribution in [0.2, 0.25) is 0 Å². The van der Waals surface area contributed by atoms with Crippen LogP contribution < -0.4 is 5.73 Å². The third-order valence-corrected chi connectivity index (χ3v) is 3.53. The van der Waals surface area contributed by atoms with Crippen LogP contribution in [0.4, 0.5) is 0 Å². The van der Waals surface area contributed by atoms with Crippen LogP contribution in [-0.2, 0) is 0 Å². The predicted octanol–water partition coefficient (Wildman–Crippen LogP) is 2.52. The molecule has 1 aliphatic rings. The molecule has 0 bridgehead atoms. The van der Waals surface area contributed by atoms with Gasteiger partial charge in [-0.1, -0.05) is 38.1 Å². The zero-order valence-electron chi connectivity index (χ0n) is 10.3. The van der Waals surface area contributed by atoms with Crippen molar-refractivity contribution < 1.29 is 0 Å². The third-order valence-electron chi connectivity index (χ3n) is 3.53. The van der Waals surface area contributed by atoms with E-state index in [0.29, 0.717) is 12.0 Å². The summed E-state index contributed by atoms with van der Waals surface area (Å²) < 4.78 is 0. The lowest BCUT2D eigenvalue weighted by molar-refractivity contribution is 0.0951. The highest BCUT2D eigenvalue weighted by atomic mass is 15.2. The highest BCUT2D eigenvalue weighted by Crippen LogP contribution is 2.33. The average molecular weight is 218 g/mol. The third kappa shape index (κ3) is 2.28. The van der Waals surface area contributed by atoms with Crippen LogP contribution in [0.3, 0.4) is 0 Å². The van der Waals surface area contributed by atoms with E-state index in [0.717, 1.165) is 13.1 Å². The molecule has 0 spiro atoms. The minimum atomic E-state index is 0.616. The van der Waals surface area contributed by atoms with Crippen LogP contribution in [0, 0.1) is 0 Å². The largest absolute Gasteiger partial charge is 0.329 e. The Labute approximate surface area is 98.4 Å². The fraction of sp³-hybridized carbons (Fsp3) is 0.571. The molecule has 1 aromatic carbocycles. The van der Waals surface area contributed by atoms with Gasteiger partial charge >= 0.3 is 0 Å². The van der Waals surface area contributed by atoms with E-state index in [4.69, 9.17) is 5.73 Å². The van der Waals surface area contributed by atoms with Gasteiger partial charge in [0.1, 0.15) is 0 Å². The molecule has 1 aliphatic heterocycles. The average Bonchev–Trinajstić information content (AvgIpc) is 2.25. The zero-order chi connectivity index (χ0) is 11.5. The molecule has 2 heteroatoms. The Morgan fingerprint density at radius 3 is 2.44 bits per heavy atom. The van der Waals surface area contributed by atoms with E-state index in [-0.39, 0.29) is 0 Å². The van der Waals surface area contributed by atoms with E-state index < -0.39 is 0 Å². The molecule has 2 nitrogen and oxygen atoms in total. The first-order valence-corrected chi connectivity index (χ1v) is 6.26. The summed E-state index contributed by atoms with van der Waals surface area (Å²) in [5, 5.41) is 0. The van der Waals surface area contributed by atoms with E-state index in [1.807, 2.05) is 0 Å². The van der Waals surface area contributed by atoms with Crippen molar-refractivity contribution in [3.05, 3.63) is 35.4 Å². The van der Waals surface area contributed by atoms with Gasteiger partial charge < -0.3 is 5.73 Å². The zero-order valence-corrected chi connectivity index (χ0v) is 10.3. The van der Waals surface area contributed by atoms with Crippen LogP contribution in [0.25, 0.3) is 0 Å². The molecule has 0 saturated carbocycles. The molecule has 1 fully saturated rings. The number of likely N-dealkylation sites (tertiary alicyclic amines) is 1. The smallest absolute Gasteiger partial charge is 0.0360 e.